The van der Waals surface area contributed by atoms with Crippen molar-refractivity contribution in [1.29, 1.82) is 0 Å². The molecule has 0 radical (unpaired) electrons. The van der Waals surface area contributed by atoms with E-state index in [4.69, 9.17) is 14.9 Å². The van der Waals surface area contributed by atoms with E-state index < -0.39 is 5.97 Å². The molecule has 2 N–H and O–H groups in total. The molecular formula is C13H18BrNO4. The summed E-state index contributed by atoms with van der Waals surface area (Å²) in [6, 6.07) is 4.95. The summed E-state index contributed by atoms with van der Waals surface area (Å²) in [5.74, 6) is -0.946. The molecule has 0 bridgehead atoms. The van der Waals surface area contributed by atoms with Gasteiger partial charge in [0.05, 0.1) is 18.8 Å². The summed E-state index contributed by atoms with van der Waals surface area (Å²) in [6.45, 7) is 2.56. The van der Waals surface area contributed by atoms with Gasteiger partial charge >= 0.3 is 5.97 Å². The molecule has 0 aromatic heterocycles. The number of carboxylic acid groups (broad SMARTS) is 1. The van der Waals surface area contributed by atoms with Gasteiger partial charge in [-0.05, 0) is 17.7 Å². The summed E-state index contributed by atoms with van der Waals surface area (Å²) in [7, 11) is 1.63. The Morgan fingerprint density at radius 3 is 2.68 bits per heavy atom. The van der Waals surface area contributed by atoms with Crippen molar-refractivity contribution in [2.45, 2.75) is 6.54 Å². The van der Waals surface area contributed by atoms with Gasteiger partial charge in [-0.3, -0.25) is 4.90 Å². The first kappa shape index (κ1) is 16.1. The first-order chi connectivity index (χ1) is 9.08. The molecule has 0 aliphatic carbocycles. The van der Waals surface area contributed by atoms with E-state index in [1.165, 1.54) is 0 Å². The minimum atomic E-state index is -0.946. The first-order valence-electron chi connectivity index (χ1n) is 5.92. The Balaban J connectivity index is 2.75. The number of aromatic carboxylic acids is 1. The number of rotatable bonds is 8. The van der Waals surface area contributed by atoms with Crippen molar-refractivity contribution in [3.05, 3.63) is 33.8 Å². The van der Waals surface area contributed by atoms with E-state index in [1.807, 2.05) is 4.90 Å². The lowest BCUT2D eigenvalue weighted by atomic mass is 10.1. The third kappa shape index (κ3) is 5.28. The van der Waals surface area contributed by atoms with E-state index in [0.29, 0.717) is 26.2 Å². The Morgan fingerprint density at radius 1 is 1.42 bits per heavy atom. The van der Waals surface area contributed by atoms with E-state index in [2.05, 4.69) is 15.9 Å². The zero-order valence-electron chi connectivity index (χ0n) is 10.8. The summed E-state index contributed by atoms with van der Waals surface area (Å²) in [5, 5.41) is 17.9. The quantitative estimate of drug-likeness (QED) is 0.757. The van der Waals surface area contributed by atoms with E-state index in [-0.39, 0.29) is 12.2 Å². The van der Waals surface area contributed by atoms with Crippen molar-refractivity contribution >= 4 is 21.9 Å². The normalized spacial score (nSPS) is 10.9. The van der Waals surface area contributed by atoms with E-state index in [1.54, 1.807) is 25.3 Å². The molecule has 106 valence electrons. The predicted molar refractivity (Wildman–Crippen MR) is 75.3 cm³/mol. The van der Waals surface area contributed by atoms with Gasteiger partial charge in [-0.2, -0.15) is 0 Å². The van der Waals surface area contributed by atoms with Crippen LogP contribution in [0, 0.1) is 0 Å². The second-order valence-corrected chi connectivity index (χ2v) is 4.96. The maximum atomic E-state index is 10.8. The number of aliphatic hydroxyl groups excluding tert-OH is 1. The Kier molecular flexibility index (Phi) is 7.01. The standard InChI is InChI=1S/C13H18BrNO4/c1-19-7-5-15(4-6-16)9-11-3-2-10(13(17)18)8-12(11)14/h2-3,8,16H,4-7,9H2,1H3,(H,17,18). The molecule has 0 amide bonds. The zero-order chi connectivity index (χ0) is 14.3. The van der Waals surface area contributed by atoms with Crippen LogP contribution in [0.3, 0.4) is 0 Å². The highest BCUT2D eigenvalue weighted by atomic mass is 79.9. The summed E-state index contributed by atoms with van der Waals surface area (Å²) in [6.07, 6.45) is 0. The summed E-state index contributed by atoms with van der Waals surface area (Å²) in [4.78, 5) is 12.9. The molecule has 0 heterocycles. The van der Waals surface area contributed by atoms with Gasteiger partial charge in [0.1, 0.15) is 0 Å². The van der Waals surface area contributed by atoms with Crippen LogP contribution >= 0.6 is 15.9 Å². The summed E-state index contributed by atoms with van der Waals surface area (Å²) in [5.41, 5.74) is 1.23. The number of ether oxygens (including phenoxy) is 1. The monoisotopic (exact) mass is 331 g/mol. The largest absolute Gasteiger partial charge is 0.478 e. The maximum absolute atomic E-state index is 10.8. The van der Waals surface area contributed by atoms with Crippen molar-refractivity contribution in [2.24, 2.45) is 0 Å². The van der Waals surface area contributed by atoms with Gasteiger partial charge in [0.2, 0.25) is 0 Å². The molecule has 5 nitrogen and oxygen atoms in total. The van der Waals surface area contributed by atoms with Crippen LogP contribution in [0.4, 0.5) is 0 Å². The third-order valence-electron chi connectivity index (χ3n) is 2.72. The van der Waals surface area contributed by atoms with Crippen LogP contribution in [0.2, 0.25) is 0 Å². The van der Waals surface area contributed by atoms with Crippen LogP contribution in [0.25, 0.3) is 0 Å². The molecule has 0 fully saturated rings. The lowest BCUT2D eigenvalue weighted by Crippen LogP contribution is -2.30. The van der Waals surface area contributed by atoms with Gasteiger partial charge < -0.3 is 14.9 Å². The molecule has 1 aromatic rings. The number of benzene rings is 1. The fourth-order valence-electron chi connectivity index (χ4n) is 1.68. The highest BCUT2D eigenvalue weighted by molar-refractivity contribution is 9.10. The van der Waals surface area contributed by atoms with Crippen LogP contribution in [-0.4, -0.2) is 54.5 Å². The van der Waals surface area contributed by atoms with E-state index >= 15 is 0 Å². The molecule has 6 heteroatoms. The zero-order valence-corrected chi connectivity index (χ0v) is 12.4. The predicted octanol–water partition coefficient (Wildman–Crippen LogP) is 1.59. The van der Waals surface area contributed by atoms with Crippen LogP contribution in [-0.2, 0) is 11.3 Å². The number of methoxy groups -OCH3 is 1. The van der Waals surface area contributed by atoms with Gasteiger partial charge in [-0.25, -0.2) is 4.79 Å². The fourth-order valence-corrected chi connectivity index (χ4v) is 2.19. The minimum absolute atomic E-state index is 0.0779. The molecule has 0 aliphatic heterocycles. The van der Waals surface area contributed by atoms with Crippen LogP contribution in [0.1, 0.15) is 15.9 Å². The molecule has 19 heavy (non-hydrogen) atoms. The topological polar surface area (TPSA) is 70.0 Å². The molecule has 0 atom stereocenters. The SMILES string of the molecule is COCCN(CCO)Cc1ccc(C(=O)O)cc1Br. The molecule has 1 rings (SSSR count). The van der Waals surface area contributed by atoms with Crippen LogP contribution in [0.15, 0.2) is 22.7 Å². The molecule has 0 aliphatic rings. The average molecular weight is 332 g/mol. The van der Waals surface area contributed by atoms with Crippen molar-refractivity contribution in [1.82, 2.24) is 4.90 Å². The number of hydrogen-bond donors (Lipinski definition) is 2. The minimum Gasteiger partial charge on any atom is -0.478 e. The number of halogens is 1. The molecule has 1 aromatic carbocycles. The number of aliphatic hydroxyl groups is 1. The highest BCUT2D eigenvalue weighted by Gasteiger charge is 2.10. The van der Waals surface area contributed by atoms with E-state index in [9.17, 15) is 4.79 Å². The van der Waals surface area contributed by atoms with Gasteiger partial charge in [0.15, 0.2) is 0 Å². The second kappa shape index (κ2) is 8.27. The van der Waals surface area contributed by atoms with Crippen molar-refractivity contribution < 1.29 is 19.7 Å². The molecule has 0 saturated heterocycles. The van der Waals surface area contributed by atoms with E-state index in [0.717, 1.165) is 10.0 Å². The van der Waals surface area contributed by atoms with Crippen molar-refractivity contribution in [3.8, 4) is 0 Å². The Bertz CT molecular complexity index is 425. The van der Waals surface area contributed by atoms with Crippen LogP contribution < -0.4 is 0 Å². The van der Waals surface area contributed by atoms with Crippen molar-refractivity contribution in [3.63, 3.8) is 0 Å². The number of nitrogens with zero attached hydrogens (tertiary/aromatic N) is 1. The van der Waals surface area contributed by atoms with Gasteiger partial charge in [0, 0.05) is 31.2 Å². The fraction of sp³-hybridized carbons (Fsp3) is 0.462. The maximum Gasteiger partial charge on any atom is 0.335 e. The first-order valence-corrected chi connectivity index (χ1v) is 6.71. The lowest BCUT2D eigenvalue weighted by Gasteiger charge is -2.21. The number of hydrogen-bond acceptors (Lipinski definition) is 4. The Hall–Kier alpha value is -0.950. The second-order valence-electron chi connectivity index (χ2n) is 4.10. The number of carbonyl (C=O) groups is 1. The van der Waals surface area contributed by atoms with Gasteiger partial charge in [-0.15, -0.1) is 0 Å². The highest BCUT2D eigenvalue weighted by Crippen LogP contribution is 2.20. The molecular weight excluding hydrogens is 314 g/mol. The lowest BCUT2D eigenvalue weighted by molar-refractivity contribution is 0.0697. The van der Waals surface area contributed by atoms with Crippen molar-refractivity contribution in [2.75, 3.05) is 33.4 Å². The van der Waals surface area contributed by atoms with Gasteiger partial charge in [-0.1, -0.05) is 22.0 Å². The molecule has 0 saturated carbocycles. The average Bonchev–Trinajstić information content (AvgIpc) is 2.38. The van der Waals surface area contributed by atoms with Gasteiger partial charge in [0.25, 0.3) is 0 Å². The third-order valence-corrected chi connectivity index (χ3v) is 3.46. The van der Waals surface area contributed by atoms with Crippen LogP contribution in [0.5, 0.6) is 0 Å². The summed E-state index contributed by atoms with van der Waals surface area (Å²) < 4.78 is 5.78. The Labute approximate surface area is 120 Å². The number of carboxylic acids is 1. The Morgan fingerprint density at radius 2 is 2.16 bits per heavy atom. The summed E-state index contributed by atoms with van der Waals surface area (Å²) >= 11 is 3.38. The smallest absolute Gasteiger partial charge is 0.335 e. The molecule has 0 unspecified atom stereocenters. The molecule has 0 spiro atoms.